The molecule has 0 bridgehead atoms. The van der Waals surface area contributed by atoms with Crippen LogP contribution in [-0.2, 0) is 10.2 Å². The number of benzene rings is 1. The molecule has 1 heterocycles. The van der Waals surface area contributed by atoms with Gasteiger partial charge in [0.05, 0.1) is 0 Å². The third kappa shape index (κ3) is 2.03. The molecule has 1 fully saturated rings. The van der Waals surface area contributed by atoms with Crippen molar-refractivity contribution >= 4 is 5.78 Å². The van der Waals surface area contributed by atoms with Crippen molar-refractivity contribution < 1.29 is 20.1 Å². The maximum Gasteiger partial charge on any atom is 0.161 e. The lowest BCUT2D eigenvalue weighted by molar-refractivity contribution is -0.130. The first kappa shape index (κ1) is 16.0. The second-order valence-electron chi connectivity index (χ2n) is 6.92. The van der Waals surface area contributed by atoms with Gasteiger partial charge in [0.2, 0.25) is 0 Å². The normalized spacial score (nSPS) is 34.4. The third-order valence-electron chi connectivity index (χ3n) is 5.80. The van der Waals surface area contributed by atoms with E-state index in [9.17, 15) is 20.1 Å². The molecule has 3 rings (SSSR count). The van der Waals surface area contributed by atoms with Crippen molar-refractivity contribution in [2.24, 2.45) is 0 Å². The third-order valence-corrected chi connectivity index (χ3v) is 5.80. The van der Waals surface area contributed by atoms with Gasteiger partial charge in [0, 0.05) is 23.4 Å². The molecule has 23 heavy (non-hydrogen) atoms. The zero-order valence-corrected chi connectivity index (χ0v) is 13.7. The van der Waals surface area contributed by atoms with Crippen LogP contribution in [0.1, 0.15) is 30.9 Å². The molecule has 1 aliphatic carbocycles. The molecule has 1 aromatic rings. The number of carbonyl (C=O) groups excluding carboxylic acids is 1. The molecule has 2 aliphatic rings. The van der Waals surface area contributed by atoms with Gasteiger partial charge in [-0.1, -0.05) is 6.07 Å². The maximum absolute atomic E-state index is 12.2. The van der Waals surface area contributed by atoms with Crippen molar-refractivity contribution in [3.05, 3.63) is 35.4 Å². The van der Waals surface area contributed by atoms with Crippen LogP contribution in [0.15, 0.2) is 24.3 Å². The molecule has 3 N–H and O–H groups in total. The molecule has 5 heteroatoms. The summed E-state index contributed by atoms with van der Waals surface area (Å²) in [6.07, 6.45) is 3.65. The number of aryl methyl sites for hydroxylation is 1. The summed E-state index contributed by atoms with van der Waals surface area (Å²) >= 11 is 0. The van der Waals surface area contributed by atoms with Gasteiger partial charge in [0.25, 0.3) is 0 Å². The largest absolute Gasteiger partial charge is 0.504 e. The molecular formula is C18H23NO4. The van der Waals surface area contributed by atoms with Gasteiger partial charge in [-0.2, -0.15) is 0 Å². The summed E-state index contributed by atoms with van der Waals surface area (Å²) in [6, 6.07) is 2.93. The Kier molecular flexibility index (Phi) is 3.54. The Bertz CT molecular complexity index is 699. The van der Waals surface area contributed by atoms with E-state index in [1.54, 1.807) is 12.1 Å². The number of hydrogen-bond donors (Lipinski definition) is 3. The molecule has 1 saturated heterocycles. The van der Waals surface area contributed by atoms with Crippen molar-refractivity contribution in [2.45, 2.75) is 43.7 Å². The first-order valence-electron chi connectivity index (χ1n) is 7.89. The molecule has 0 amide bonds. The Labute approximate surface area is 135 Å². The van der Waals surface area contributed by atoms with Crippen molar-refractivity contribution in [1.82, 2.24) is 4.90 Å². The Balaban J connectivity index is 2.31. The van der Waals surface area contributed by atoms with Crippen molar-refractivity contribution in [1.29, 1.82) is 0 Å². The predicted molar refractivity (Wildman–Crippen MR) is 86.6 cm³/mol. The summed E-state index contributed by atoms with van der Waals surface area (Å²) in [5.74, 6) is -0.534. The van der Waals surface area contributed by atoms with E-state index in [1.807, 2.05) is 25.8 Å². The molecule has 3 atom stereocenters. The number of rotatable bonds is 1. The lowest BCUT2D eigenvalue weighted by Crippen LogP contribution is -2.67. The highest BCUT2D eigenvalue weighted by Gasteiger charge is 2.60. The molecule has 0 radical (unpaired) electrons. The van der Waals surface area contributed by atoms with Crippen molar-refractivity contribution in [3.8, 4) is 11.5 Å². The minimum absolute atomic E-state index is 0.0754. The zero-order chi connectivity index (χ0) is 17.0. The Hall–Kier alpha value is -1.85. The molecule has 124 valence electrons. The van der Waals surface area contributed by atoms with E-state index in [2.05, 4.69) is 0 Å². The van der Waals surface area contributed by atoms with E-state index in [0.717, 1.165) is 5.56 Å². The van der Waals surface area contributed by atoms with E-state index < -0.39 is 11.0 Å². The van der Waals surface area contributed by atoms with Gasteiger partial charge in [0.15, 0.2) is 17.3 Å². The lowest BCUT2D eigenvalue weighted by atomic mass is 9.55. The first-order valence-corrected chi connectivity index (χ1v) is 7.89. The number of likely N-dealkylation sites (N-methyl/N-ethyl adjacent to an activating group) is 1. The topological polar surface area (TPSA) is 81.0 Å². The Morgan fingerprint density at radius 2 is 2.00 bits per heavy atom. The smallest absolute Gasteiger partial charge is 0.161 e. The molecule has 0 saturated carbocycles. The van der Waals surface area contributed by atoms with Crippen LogP contribution >= 0.6 is 0 Å². The molecule has 0 aromatic heterocycles. The summed E-state index contributed by atoms with van der Waals surface area (Å²) in [4.78, 5) is 14.2. The summed E-state index contributed by atoms with van der Waals surface area (Å²) < 4.78 is 0. The fourth-order valence-electron chi connectivity index (χ4n) is 4.30. The highest BCUT2D eigenvalue weighted by Crippen LogP contribution is 2.55. The fourth-order valence-corrected chi connectivity index (χ4v) is 4.30. The van der Waals surface area contributed by atoms with Gasteiger partial charge in [-0.15, -0.1) is 0 Å². The van der Waals surface area contributed by atoms with Crippen LogP contribution in [0.25, 0.3) is 0 Å². The van der Waals surface area contributed by atoms with Crippen molar-refractivity contribution in [3.63, 3.8) is 0 Å². The zero-order valence-electron chi connectivity index (χ0n) is 13.7. The van der Waals surface area contributed by atoms with Crippen LogP contribution in [0.5, 0.6) is 11.5 Å². The monoisotopic (exact) mass is 317 g/mol. The van der Waals surface area contributed by atoms with Gasteiger partial charge in [0.1, 0.15) is 5.60 Å². The number of phenols is 2. The second-order valence-corrected chi connectivity index (χ2v) is 6.92. The highest BCUT2D eigenvalue weighted by molar-refractivity contribution is 5.93. The Morgan fingerprint density at radius 1 is 1.30 bits per heavy atom. The summed E-state index contributed by atoms with van der Waals surface area (Å²) in [5, 5.41) is 32.0. The minimum Gasteiger partial charge on any atom is -0.504 e. The summed E-state index contributed by atoms with van der Waals surface area (Å²) in [5.41, 5.74) is -0.974. The number of aromatic hydroxyl groups is 2. The SMILES string of the molecule is Cc1ccc(O)c(O)c1[C@]12CCN(C)C(C)C1(O)C=CC(=O)C2. The number of allylic oxidation sites excluding steroid dienone is 1. The van der Waals surface area contributed by atoms with Crippen LogP contribution in [-0.4, -0.2) is 51.2 Å². The van der Waals surface area contributed by atoms with E-state index in [1.165, 1.54) is 12.1 Å². The maximum atomic E-state index is 12.2. The van der Waals surface area contributed by atoms with Crippen LogP contribution < -0.4 is 0 Å². The van der Waals surface area contributed by atoms with E-state index in [4.69, 9.17) is 0 Å². The van der Waals surface area contributed by atoms with Gasteiger partial charge < -0.3 is 20.2 Å². The lowest BCUT2D eigenvalue weighted by Gasteiger charge is -2.57. The number of hydrogen-bond acceptors (Lipinski definition) is 5. The first-order chi connectivity index (χ1) is 10.7. The highest BCUT2D eigenvalue weighted by atomic mass is 16.3. The number of likely N-dealkylation sites (tertiary alicyclic amines) is 1. The minimum atomic E-state index is -1.29. The number of phenolic OH excluding ortho intramolecular Hbond substituents is 2. The fraction of sp³-hybridized carbons (Fsp3) is 0.500. The van der Waals surface area contributed by atoms with Crippen LogP contribution in [0.4, 0.5) is 0 Å². The van der Waals surface area contributed by atoms with Crippen LogP contribution in [0.2, 0.25) is 0 Å². The second kappa shape index (κ2) is 5.08. The van der Waals surface area contributed by atoms with Crippen LogP contribution in [0.3, 0.4) is 0 Å². The number of ketones is 1. The Morgan fingerprint density at radius 3 is 2.70 bits per heavy atom. The number of nitrogens with zero attached hydrogens (tertiary/aromatic N) is 1. The standard InChI is InChI=1S/C18H23NO4/c1-11-4-5-14(21)16(22)15(11)17-8-9-19(3)12(2)18(17,23)7-6-13(20)10-17/h4-7,12,21-23H,8-10H2,1-3H3/t12?,17-,18?/m1/s1. The van der Waals surface area contributed by atoms with Gasteiger partial charge in [-0.25, -0.2) is 0 Å². The summed E-state index contributed by atoms with van der Waals surface area (Å²) in [7, 11) is 1.94. The number of carbonyl (C=O) groups is 1. The molecule has 2 unspecified atom stereocenters. The number of piperidine rings is 1. The molecule has 1 aliphatic heterocycles. The number of fused-ring (bicyclic) bond motifs is 1. The average Bonchev–Trinajstić information content (AvgIpc) is 2.50. The molecule has 5 nitrogen and oxygen atoms in total. The van der Waals surface area contributed by atoms with Gasteiger partial charge >= 0.3 is 0 Å². The van der Waals surface area contributed by atoms with E-state index in [0.29, 0.717) is 18.5 Å². The number of aliphatic hydroxyl groups is 1. The molecule has 0 spiro atoms. The average molecular weight is 317 g/mol. The molecular weight excluding hydrogens is 294 g/mol. The van der Waals surface area contributed by atoms with Gasteiger partial charge in [-0.3, -0.25) is 4.79 Å². The van der Waals surface area contributed by atoms with Crippen molar-refractivity contribution in [2.75, 3.05) is 13.6 Å². The van der Waals surface area contributed by atoms with E-state index in [-0.39, 0.29) is 29.7 Å². The van der Waals surface area contributed by atoms with Crippen LogP contribution in [0, 0.1) is 6.92 Å². The predicted octanol–water partition coefficient (Wildman–Crippen LogP) is 1.63. The quantitative estimate of drug-likeness (QED) is 0.686. The summed E-state index contributed by atoms with van der Waals surface area (Å²) in [6.45, 7) is 4.44. The van der Waals surface area contributed by atoms with E-state index >= 15 is 0 Å². The van der Waals surface area contributed by atoms with Gasteiger partial charge in [-0.05, 0) is 57.6 Å². The molecule has 1 aromatic carbocycles.